The van der Waals surface area contributed by atoms with E-state index in [4.69, 9.17) is 8.83 Å². The van der Waals surface area contributed by atoms with Crippen LogP contribution in [0.15, 0.2) is 167 Å². The summed E-state index contributed by atoms with van der Waals surface area (Å²) in [5.41, 5.74) is -0.0402. The first-order chi connectivity index (χ1) is 28.8. The van der Waals surface area contributed by atoms with E-state index in [1.165, 1.54) is 53.5 Å². The summed E-state index contributed by atoms with van der Waals surface area (Å²) in [5, 5.41) is 10.3. The van der Waals surface area contributed by atoms with Crippen LogP contribution in [0.1, 0.15) is 75.7 Å². The Kier molecular flexibility index (Phi) is 11.6. The first-order valence-electron chi connectivity index (χ1n) is 21.3. The molecule has 0 aliphatic heterocycles. The van der Waals surface area contributed by atoms with Crippen molar-refractivity contribution in [3.63, 3.8) is 0 Å². The van der Waals surface area contributed by atoms with E-state index >= 15 is 0 Å². The summed E-state index contributed by atoms with van der Waals surface area (Å²) in [6.07, 6.45) is 5.18. The van der Waals surface area contributed by atoms with Crippen LogP contribution >= 0.6 is 0 Å². The van der Waals surface area contributed by atoms with Crippen LogP contribution in [-0.4, -0.2) is 5.43 Å². The summed E-state index contributed by atoms with van der Waals surface area (Å²) in [7, 11) is 0. The average Bonchev–Trinajstić information content (AvgIpc) is 4.05. The molecule has 8 aromatic rings. The summed E-state index contributed by atoms with van der Waals surface area (Å²) in [6.45, 7) is 18.8. The quantitative estimate of drug-likeness (QED) is 0.217. The second-order valence-corrected chi connectivity index (χ2v) is 35.7. The van der Waals surface area contributed by atoms with Crippen LogP contribution in [0.3, 0.4) is 0 Å². The number of furan rings is 2. The fourth-order valence-electron chi connectivity index (χ4n) is 10.1. The molecule has 2 unspecified atom stereocenters. The molecule has 0 saturated heterocycles. The molecule has 0 saturated carbocycles. The van der Waals surface area contributed by atoms with Crippen LogP contribution < -0.4 is 45.7 Å². The van der Waals surface area contributed by atoms with Gasteiger partial charge in [0, 0.05) is 0 Å². The van der Waals surface area contributed by atoms with Gasteiger partial charge in [0.25, 0.3) is 0 Å². The molecular formula is C56H52Cl2O2SiZr. The number of halogens is 2. The van der Waals surface area contributed by atoms with Crippen molar-refractivity contribution in [3.05, 3.63) is 213 Å². The number of benzene rings is 6. The Labute approximate surface area is 385 Å². The van der Waals surface area contributed by atoms with Crippen LogP contribution in [0, 0.1) is 0 Å². The molecule has 10 rings (SSSR count). The maximum absolute atomic E-state index is 7.34. The molecule has 0 N–H and O–H groups in total. The van der Waals surface area contributed by atoms with Gasteiger partial charge in [-0.05, 0) is 0 Å². The van der Waals surface area contributed by atoms with Gasteiger partial charge in [-0.25, -0.2) is 0 Å². The van der Waals surface area contributed by atoms with Crippen LogP contribution in [-0.2, 0) is 42.0 Å². The second kappa shape index (κ2) is 16.3. The van der Waals surface area contributed by atoms with E-state index in [-0.39, 0.29) is 35.6 Å². The van der Waals surface area contributed by atoms with E-state index in [0.29, 0.717) is 0 Å². The van der Waals surface area contributed by atoms with Crippen LogP contribution in [0.25, 0.3) is 40.3 Å². The van der Waals surface area contributed by atoms with Crippen molar-refractivity contribution in [2.75, 3.05) is 0 Å². The molecule has 2 atom stereocenters. The van der Waals surface area contributed by atoms with E-state index in [9.17, 15) is 0 Å². The normalized spacial score (nSPS) is 17.9. The second-order valence-electron chi connectivity index (χ2n) is 19.1. The first kappa shape index (κ1) is 44.2. The summed E-state index contributed by atoms with van der Waals surface area (Å²) >= 11 is -3.25. The summed E-state index contributed by atoms with van der Waals surface area (Å²) in [6, 6.07) is 59.3. The molecular weight excluding hydrogens is 895 g/mol. The SMILES string of the molecule is C[Si](C)=[Zr+2]([C]1=c2ccccc2=CC1(c1ccc(C(C)(C)C)o1)c1cccc2ccccc12)[C]1=c2ccccc2=CC1(c1ccc(C(C)(C)C)o1)c1cccc2ccccc12.[Cl-].[Cl-]. The molecule has 6 heteroatoms. The fourth-order valence-corrected chi connectivity index (χ4v) is 29.1. The van der Waals surface area contributed by atoms with Crippen molar-refractivity contribution in [2.45, 2.75) is 76.3 Å². The van der Waals surface area contributed by atoms with Gasteiger partial charge in [0.1, 0.15) is 0 Å². The van der Waals surface area contributed by atoms with Crippen LogP contribution in [0.4, 0.5) is 0 Å². The molecule has 2 nitrogen and oxygen atoms in total. The molecule has 310 valence electrons. The van der Waals surface area contributed by atoms with Crippen molar-refractivity contribution in [3.8, 4) is 0 Å². The summed E-state index contributed by atoms with van der Waals surface area (Å²) in [5.74, 6) is 4.03. The standard InChI is InChI=1S/2C27H23O.C2H6Si.2ClH.Zr/c2*1-26(2,3)24-15-16-25(28-24)27(17-20-10-4-5-11-21(20)18-27)23-14-8-12-19-9-6-7-13-22(19)23;1-3-2;;;/h2*4-17H,1-3H3;1-2H3;2*1H;/q;;;;;+2/p-2. The van der Waals surface area contributed by atoms with Gasteiger partial charge < -0.3 is 24.8 Å². The molecule has 6 aromatic carbocycles. The number of hydrogen-bond donors (Lipinski definition) is 0. The zero-order valence-electron chi connectivity index (χ0n) is 36.7. The third-order valence-corrected chi connectivity index (χ3v) is 29.9. The minimum Gasteiger partial charge on any atom is -1.00 e. The van der Waals surface area contributed by atoms with Crippen molar-refractivity contribution >= 4 is 45.7 Å². The van der Waals surface area contributed by atoms with Crippen molar-refractivity contribution < 1.29 is 54.0 Å². The molecule has 2 aromatic heterocycles. The first-order valence-corrected chi connectivity index (χ1v) is 30.0. The summed E-state index contributed by atoms with van der Waals surface area (Å²) in [4.78, 5) is 0. The van der Waals surface area contributed by atoms with Crippen LogP contribution in [0.5, 0.6) is 0 Å². The Morgan fingerprint density at radius 1 is 0.435 bits per heavy atom. The molecule has 62 heavy (non-hydrogen) atoms. The van der Waals surface area contributed by atoms with E-state index in [0.717, 1.165) is 23.0 Å². The Bertz CT molecular complexity index is 3110. The van der Waals surface area contributed by atoms with Gasteiger partial charge in [-0.2, -0.15) is 0 Å². The molecule has 0 radical (unpaired) electrons. The predicted octanol–water partition coefficient (Wildman–Crippen LogP) is 5.13. The van der Waals surface area contributed by atoms with Gasteiger partial charge in [0.15, 0.2) is 0 Å². The number of rotatable bonds is 6. The molecule has 2 aliphatic rings. The maximum atomic E-state index is 7.34. The smallest absolute Gasteiger partial charge is 1.00 e. The Hall–Kier alpha value is -4.44. The third-order valence-electron chi connectivity index (χ3n) is 12.9. The molecule has 0 spiro atoms. The zero-order valence-corrected chi connectivity index (χ0v) is 41.7. The maximum Gasteiger partial charge on any atom is -1.00 e. The molecule has 2 heterocycles. The zero-order chi connectivity index (χ0) is 41.6. The van der Waals surface area contributed by atoms with Gasteiger partial charge in [0.05, 0.1) is 0 Å². The van der Waals surface area contributed by atoms with E-state index < -0.39 is 36.6 Å². The monoisotopic (exact) mass is 944 g/mol. The van der Waals surface area contributed by atoms with E-state index in [1.54, 1.807) is 6.56 Å². The third kappa shape index (κ3) is 6.83. The van der Waals surface area contributed by atoms with E-state index in [2.05, 4.69) is 225 Å². The van der Waals surface area contributed by atoms with E-state index in [1.807, 2.05) is 0 Å². The minimum atomic E-state index is -3.25. The van der Waals surface area contributed by atoms with Gasteiger partial charge in [0.2, 0.25) is 0 Å². The Morgan fingerprint density at radius 3 is 1.19 bits per heavy atom. The molecule has 0 bridgehead atoms. The molecule has 0 amide bonds. The molecule has 0 fully saturated rings. The number of fused-ring (bicyclic) bond motifs is 4. The van der Waals surface area contributed by atoms with Crippen LogP contribution in [0.2, 0.25) is 13.1 Å². The van der Waals surface area contributed by atoms with Crippen molar-refractivity contribution in [2.24, 2.45) is 0 Å². The van der Waals surface area contributed by atoms with Gasteiger partial charge >= 0.3 is 364 Å². The fraction of sp³-hybridized carbons (Fsp3) is 0.214. The predicted molar refractivity (Wildman–Crippen MR) is 249 cm³/mol. The Morgan fingerprint density at radius 2 is 0.806 bits per heavy atom. The van der Waals surface area contributed by atoms with Gasteiger partial charge in [-0.15, -0.1) is 0 Å². The van der Waals surface area contributed by atoms with Crippen molar-refractivity contribution in [1.29, 1.82) is 0 Å². The topological polar surface area (TPSA) is 26.3 Å². The summed E-state index contributed by atoms with van der Waals surface area (Å²) < 4.78 is 17.8. The number of hydrogen-bond acceptors (Lipinski definition) is 2. The average molecular weight is 947 g/mol. The van der Waals surface area contributed by atoms with Gasteiger partial charge in [-0.1, -0.05) is 0 Å². The Balaban J connectivity index is 0.00000264. The van der Waals surface area contributed by atoms with Gasteiger partial charge in [-0.3, -0.25) is 0 Å². The largest absolute Gasteiger partial charge is 1.00 e. The van der Waals surface area contributed by atoms with Crippen molar-refractivity contribution in [1.82, 2.24) is 0 Å². The molecule has 2 aliphatic carbocycles. The minimum absolute atomic E-state index is 0.